The average molecular weight is 437 g/mol. The first-order chi connectivity index (χ1) is 14.8. The van der Waals surface area contributed by atoms with E-state index in [0.717, 1.165) is 17.5 Å². The van der Waals surface area contributed by atoms with Gasteiger partial charge in [-0.2, -0.15) is 0 Å². The van der Waals surface area contributed by atoms with Crippen LogP contribution in [0, 0.1) is 12.8 Å². The summed E-state index contributed by atoms with van der Waals surface area (Å²) in [5.41, 5.74) is 2.66. The monoisotopic (exact) mass is 436 g/mol. The zero-order valence-electron chi connectivity index (χ0n) is 18.0. The van der Waals surface area contributed by atoms with E-state index in [-0.39, 0.29) is 16.8 Å². The maximum absolute atomic E-state index is 13.0. The van der Waals surface area contributed by atoms with Crippen LogP contribution in [0.1, 0.15) is 47.8 Å². The molecule has 0 radical (unpaired) electrons. The lowest BCUT2D eigenvalue weighted by Crippen LogP contribution is -2.29. The molecule has 0 aromatic heterocycles. The van der Waals surface area contributed by atoms with Crippen LogP contribution in [0.4, 0.5) is 5.69 Å². The number of aryl methyl sites for hydroxylation is 1. The van der Waals surface area contributed by atoms with Gasteiger partial charge in [0.25, 0.3) is 15.9 Å². The van der Waals surface area contributed by atoms with Gasteiger partial charge in [-0.25, -0.2) is 8.42 Å². The Kier molecular flexibility index (Phi) is 7.13. The highest BCUT2D eigenvalue weighted by molar-refractivity contribution is 7.92. The van der Waals surface area contributed by atoms with Gasteiger partial charge >= 0.3 is 0 Å². The normalized spacial score (nSPS) is 12.4. The molecule has 3 rings (SSSR count). The molecule has 0 unspecified atom stereocenters. The minimum absolute atomic E-state index is 0.0449. The number of anilines is 1. The summed E-state index contributed by atoms with van der Waals surface area (Å²) in [6.07, 6.45) is 0.780. The smallest absolute Gasteiger partial charge is 0.261 e. The number of hydrogen-bond acceptors (Lipinski definition) is 3. The summed E-state index contributed by atoms with van der Waals surface area (Å²) in [7, 11) is -3.82. The lowest BCUT2D eigenvalue weighted by Gasteiger charge is -2.21. The van der Waals surface area contributed by atoms with E-state index in [4.69, 9.17) is 0 Å². The molecule has 0 heterocycles. The van der Waals surface area contributed by atoms with E-state index >= 15 is 0 Å². The predicted molar refractivity (Wildman–Crippen MR) is 125 cm³/mol. The second-order valence-corrected chi connectivity index (χ2v) is 9.70. The van der Waals surface area contributed by atoms with Crippen LogP contribution in [0.2, 0.25) is 0 Å². The molecule has 162 valence electrons. The second kappa shape index (κ2) is 9.79. The third-order valence-corrected chi connectivity index (χ3v) is 6.37. The average Bonchev–Trinajstić information content (AvgIpc) is 2.75. The molecule has 6 heteroatoms. The van der Waals surface area contributed by atoms with Gasteiger partial charge in [0.15, 0.2) is 0 Å². The van der Waals surface area contributed by atoms with Crippen LogP contribution in [-0.4, -0.2) is 14.3 Å². The van der Waals surface area contributed by atoms with Crippen LogP contribution in [-0.2, 0) is 10.0 Å². The fourth-order valence-electron chi connectivity index (χ4n) is 3.37. The van der Waals surface area contributed by atoms with Crippen molar-refractivity contribution in [2.75, 3.05) is 4.72 Å². The summed E-state index contributed by atoms with van der Waals surface area (Å²) >= 11 is 0. The van der Waals surface area contributed by atoms with Gasteiger partial charge in [-0.15, -0.1) is 0 Å². The number of sulfonamides is 1. The molecule has 0 aliphatic carbocycles. The molecule has 0 spiro atoms. The van der Waals surface area contributed by atoms with Gasteiger partial charge in [-0.1, -0.05) is 68.4 Å². The van der Waals surface area contributed by atoms with Crippen LogP contribution >= 0.6 is 0 Å². The first-order valence-corrected chi connectivity index (χ1v) is 11.8. The SMILES string of the molecule is Cc1ccccc1NS(=O)(=O)c1cccc(C(=O)N[C@H](CC(C)C)c2ccccc2)c1. The number of nitrogens with one attached hydrogen (secondary N) is 2. The molecule has 0 aliphatic rings. The number of carbonyl (C=O) groups is 1. The number of carbonyl (C=O) groups excluding carboxylic acids is 1. The van der Waals surface area contributed by atoms with E-state index in [0.29, 0.717) is 17.2 Å². The Morgan fingerprint density at radius 1 is 0.903 bits per heavy atom. The minimum atomic E-state index is -3.82. The van der Waals surface area contributed by atoms with Crippen molar-refractivity contribution in [1.82, 2.24) is 5.32 Å². The van der Waals surface area contributed by atoms with Gasteiger partial charge in [0.05, 0.1) is 16.6 Å². The summed E-state index contributed by atoms with van der Waals surface area (Å²) in [5, 5.41) is 3.06. The highest BCUT2D eigenvalue weighted by Gasteiger charge is 2.20. The van der Waals surface area contributed by atoms with Gasteiger partial charge in [-0.3, -0.25) is 9.52 Å². The summed E-state index contributed by atoms with van der Waals surface area (Å²) < 4.78 is 28.4. The third-order valence-electron chi connectivity index (χ3n) is 5.01. The van der Waals surface area contributed by atoms with Crippen molar-refractivity contribution >= 4 is 21.6 Å². The van der Waals surface area contributed by atoms with Crippen molar-refractivity contribution in [1.29, 1.82) is 0 Å². The molecule has 1 amide bonds. The molecule has 0 saturated carbocycles. The maximum atomic E-state index is 13.0. The maximum Gasteiger partial charge on any atom is 0.261 e. The highest BCUT2D eigenvalue weighted by Crippen LogP contribution is 2.23. The first-order valence-electron chi connectivity index (χ1n) is 10.3. The van der Waals surface area contributed by atoms with Crippen LogP contribution in [0.5, 0.6) is 0 Å². The third kappa shape index (κ3) is 5.95. The second-order valence-electron chi connectivity index (χ2n) is 8.01. The molecular formula is C25H28N2O3S. The quantitative estimate of drug-likeness (QED) is 0.502. The molecule has 0 saturated heterocycles. The lowest BCUT2D eigenvalue weighted by molar-refractivity contribution is 0.0931. The van der Waals surface area contributed by atoms with E-state index < -0.39 is 10.0 Å². The molecule has 0 aliphatic heterocycles. The fourth-order valence-corrected chi connectivity index (χ4v) is 4.55. The zero-order valence-corrected chi connectivity index (χ0v) is 18.8. The number of hydrogen-bond donors (Lipinski definition) is 2. The number of para-hydroxylation sites is 1. The Labute approximate surface area is 184 Å². The minimum Gasteiger partial charge on any atom is -0.345 e. The Bertz CT molecular complexity index is 1140. The van der Waals surface area contributed by atoms with Crippen molar-refractivity contribution in [3.8, 4) is 0 Å². The van der Waals surface area contributed by atoms with Crippen molar-refractivity contribution in [2.45, 2.75) is 38.1 Å². The lowest BCUT2D eigenvalue weighted by atomic mass is 9.96. The Morgan fingerprint density at radius 3 is 2.26 bits per heavy atom. The van der Waals surface area contributed by atoms with E-state index in [1.165, 1.54) is 12.1 Å². The Morgan fingerprint density at radius 2 is 1.58 bits per heavy atom. The standard InChI is InChI=1S/C25H28N2O3S/c1-18(2)16-24(20-11-5-4-6-12-20)26-25(28)21-13-9-14-22(17-21)31(29,30)27-23-15-8-7-10-19(23)3/h4-15,17-18,24,27H,16H2,1-3H3,(H,26,28)/t24-/m1/s1. The summed E-state index contributed by atoms with van der Waals surface area (Å²) in [6.45, 7) is 6.04. The largest absolute Gasteiger partial charge is 0.345 e. The van der Waals surface area contributed by atoms with Gasteiger partial charge < -0.3 is 5.32 Å². The Balaban J connectivity index is 1.83. The zero-order chi connectivity index (χ0) is 22.4. The molecule has 1 atom stereocenters. The molecular weight excluding hydrogens is 408 g/mol. The van der Waals surface area contributed by atoms with Gasteiger partial charge in [0.1, 0.15) is 0 Å². The van der Waals surface area contributed by atoms with E-state index in [1.54, 1.807) is 24.3 Å². The van der Waals surface area contributed by atoms with Crippen LogP contribution in [0.15, 0.2) is 83.8 Å². The summed E-state index contributed by atoms with van der Waals surface area (Å²) in [6, 6.07) is 22.9. The highest BCUT2D eigenvalue weighted by atomic mass is 32.2. The van der Waals surface area contributed by atoms with Crippen molar-refractivity contribution in [2.24, 2.45) is 5.92 Å². The first kappa shape index (κ1) is 22.6. The van der Waals surface area contributed by atoms with Crippen molar-refractivity contribution < 1.29 is 13.2 Å². The van der Waals surface area contributed by atoms with E-state index in [2.05, 4.69) is 23.9 Å². The topological polar surface area (TPSA) is 75.3 Å². The number of amides is 1. The molecule has 5 nitrogen and oxygen atoms in total. The Hall–Kier alpha value is -3.12. The number of rotatable bonds is 8. The molecule has 3 aromatic rings. The molecule has 2 N–H and O–H groups in total. The molecule has 31 heavy (non-hydrogen) atoms. The fraction of sp³-hybridized carbons (Fsp3) is 0.240. The summed E-state index contributed by atoms with van der Waals surface area (Å²) in [4.78, 5) is 13.0. The van der Waals surface area contributed by atoms with E-state index in [9.17, 15) is 13.2 Å². The van der Waals surface area contributed by atoms with Gasteiger partial charge in [0.2, 0.25) is 0 Å². The molecule has 0 fully saturated rings. The van der Waals surface area contributed by atoms with Crippen LogP contribution < -0.4 is 10.0 Å². The predicted octanol–water partition coefficient (Wildman–Crippen LogP) is 5.31. The number of benzene rings is 3. The van der Waals surface area contributed by atoms with Crippen LogP contribution in [0.3, 0.4) is 0 Å². The molecule has 0 bridgehead atoms. The van der Waals surface area contributed by atoms with Crippen molar-refractivity contribution in [3.63, 3.8) is 0 Å². The molecule has 3 aromatic carbocycles. The van der Waals surface area contributed by atoms with E-state index in [1.807, 2.05) is 49.4 Å². The summed E-state index contributed by atoms with van der Waals surface area (Å²) in [5.74, 6) is 0.0815. The van der Waals surface area contributed by atoms with Crippen LogP contribution in [0.25, 0.3) is 0 Å². The van der Waals surface area contributed by atoms with Gasteiger partial charge in [-0.05, 0) is 54.7 Å². The van der Waals surface area contributed by atoms with Gasteiger partial charge in [0, 0.05) is 5.56 Å². The van der Waals surface area contributed by atoms with Crippen molar-refractivity contribution in [3.05, 3.63) is 95.6 Å².